The second kappa shape index (κ2) is 8.49. The smallest absolute Gasteiger partial charge is 0.233 e. The first-order valence-electron chi connectivity index (χ1n) is 10.4. The SMILES string of the molecule is Cc1cccc(-n2c(SCC(=O)N3CCC4(CC3)OCCO4)nnc2-c2ccco2)c1. The van der Waals surface area contributed by atoms with Crippen molar-refractivity contribution in [1.29, 1.82) is 0 Å². The van der Waals surface area contributed by atoms with Crippen molar-refractivity contribution < 1.29 is 18.7 Å². The second-order valence-electron chi connectivity index (χ2n) is 7.73. The Morgan fingerprint density at radius 3 is 2.65 bits per heavy atom. The highest BCUT2D eigenvalue weighted by Crippen LogP contribution is 2.32. The highest BCUT2D eigenvalue weighted by Gasteiger charge is 2.40. The van der Waals surface area contributed by atoms with Crippen LogP contribution in [0, 0.1) is 6.92 Å². The lowest BCUT2D eigenvalue weighted by Gasteiger charge is -2.37. The van der Waals surface area contributed by atoms with Gasteiger partial charge in [-0.15, -0.1) is 10.2 Å². The van der Waals surface area contributed by atoms with Crippen molar-refractivity contribution in [2.45, 2.75) is 30.7 Å². The standard InChI is InChI=1S/C22H24N4O4S/c1-16-4-2-5-17(14-16)26-20(18-6-3-11-28-18)23-24-21(26)31-15-19(27)25-9-7-22(8-10-25)29-12-13-30-22/h2-6,11,14H,7-10,12-13,15H2,1H3. The highest BCUT2D eigenvalue weighted by molar-refractivity contribution is 7.99. The van der Waals surface area contributed by atoms with E-state index in [4.69, 9.17) is 13.9 Å². The number of nitrogens with zero attached hydrogens (tertiary/aromatic N) is 4. The van der Waals surface area contributed by atoms with Crippen molar-refractivity contribution in [3.05, 3.63) is 48.2 Å². The van der Waals surface area contributed by atoms with Gasteiger partial charge in [0.05, 0.1) is 30.9 Å². The molecular formula is C22H24N4O4S. The van der Waals surface area contributed by atoms with Gasteiger partial charge in [0.15, 0.2) is 16.7 Å². The topological polar surface area (TPSA) is 82.6 Å². The molecule has 1 spiro atoms. The molecule has 2 saturated heterocycles. The quantitative estimate of drug-likeness (QED) is 0.563. The maximum absolute atomic E-state index is 12.9. The molecule has 2 aromatic heterocycles. The molecule has 1 aromatic carbocycles. The summed E-state index contributed by atoms with van der Waals surface area (Å²) in [6.45, 7) is 4.59. The third kappa shape index (κ3) is 4.13. The van der Waals surface area contributed by atoms with E-state index in [-0.39, 0.29) is 11.7 Å². The van der Waals surface area contributed by atoms with Crippen LogP contribution in [-0.4, -0.2) is 63.4 Å². The molecule has 31 heavy (non-hydrogen) atoms. The van der Waals surface area contributed by atoms with E-state index in [1.807, 2.05) is 46.7 Å². The number of furan rings is 1. The van der Waals surface area contributed by atoms with E-state index in [2.05, 4.69) is 16.3 Å². The average molecular weight is 441 g/mol. The number of ether oxygens (including phenoxy) is 2. The molecule has 1 amide bonds. The van der Waals surface area contributed by atoms with Crippen molar-refractivity contribution >= 4 is 17.7 Å². The first-order chi connectivity index (χ1) is 15.1. The van der Waals surface area contributed by atoms with Gasteiger partial charge in [-0.25, -0.2) is 0 Å². The van der Waals surface area contributed by atoms with Crippen LogP contribution < -0.4 is 0 Å². The fourth-order valence-corrected chi connectivity index (χ4v) is 4.88. The minimum absolute atomic E-state index is 0.0798. The molecule has 2 aliphatic rings. The molecule has 9 heteroatoms. The van der Waals surface area contributed by atoms with Gasteiger partial charge in [-0.05, 0) is 36.8 Å². The summed E-state index contributed by atoms with van der Waals surface area (Å²) in [6.07, 6.45) is 3.04. The predicted molar refractivity (Wildman–Crippen MR) is 115 cm³/mol. The number of piperidine rings is 1. The molecule has 3 aromatic rings. The van der Waals surface area contributed by atoms with E-state index in [0.717, 1.165) is 11.3 Å². The van der Waals surface area contributed by atoms with Crippen LogP contribution in [0.3, 0.4) is 0 Å². The van der Waals surface area contributed by atoms with E-state index in [1.54, 1.807) is 6.26 Å². The van der Waals surface area contributed by atoms with Gasteiger partial charge < -0.3 is 18.8 Å². The van der Waals surface area contributed by atoms with E-state index in [0.29, 0.717) is 55.9 Å². The number of carbonyl (C=O) groups is 1. The molecule has 0 atom stereocenters. The number of hydrogen-bond donors (Lipinski definition) is 0. The zero-order valence-corrected chi connectivity index (χ0v) is 18.1. The number of carbonyl (C=O) groups excluding carboxylic acids is 1. The molecule has 162 valence electrons. The van der Waals surface area contributed by atoms with Crippen LogP contribution in [0.2, 0.25) is 0 Å². The minimum atomic E-state index is -0.479. The summed E-state index contributed by atoms with van der Waals surface area (Å²) in [5.41, 5.74) is 2.06. The Labute approximate surface area is 184 Å². The normalized spacial score (nSPS) is 18.0. The largest absolute Gasteiger partial charge is 0.461 e. The van der Waals surface area contributed by atoms with Crippen LogP contribution in [0.4, 0.5) is 0 Å². The maximum atomic E-state index is 12.9. The molecule has 0 saturated carbocycles. The summed E-state index contributed by atoms with van der Waals surface area (Å²) in [6, 6.07) is 11.8. The molecule has 4 heterocycles. The monoisotopic (exact) mass is 440 g/mol. The fraction of sp³-hybridized carbons (Fsp3) is 0.409. The van der Waals surface area contributed by atoms with Gasteiger partial charge in [0.25, 0.3) is 0 Å². The lowest BCUT2D eigenvalue weighted by molar-refractivity contribution is -0.186. The summed E-state index contributed by atoms with van der Waals surface area (Å²) in [5, 5.41) is 9.36. The number of benzene rings is 1. The van der Waals surface area contributed by atoms with Crippen molar-refractivity contribution in [2.24, 2.45) is 0 Å². The fourth-order valence-electron chi connectivity index (χ4n) is 4.03. The Hall–Kier alpha value is -2.62. The van der Waals surface area contributed by atoms with E-state index in [1.165, 1.54) is 11.8 Å². The molecule has 2 aliphatic heterocycles. The molecule has 0 aliphatic carbocycles. The summed E-state index contributed by atoms with van der Waals surface area (Å²) < 4.78 is 19.0. The summed E-state index contributed by atoms with van der Waals surface area (Å²) in [5.74, 6) is 1.13. The Morgan fingerprint density at radius 2 is 1.94 bits per heavy atom. The van der Waals surface area contributed by atoms with Gasteiger partial charge in [0.2, 0.25) is 11.7 Å². The first-order valence-corrected chi connectivity index (χ1v) is 11.4. The highest BCUT2D eigenvalue weighted by atomic mass is 32.2. The molecule has 8 nitrogen and oxygen atoms in total. The molecule has 0 bridgehead atoms. The second-order valence-corrected chi connectivity index (χ2v) is 8.68. The Balaban J connectivity index is 1.32. The van der Waals surface area contributed by atoms with Gasteiger partial charge in [-0.2, -0.15) is 0 Å². The third-order valence-corrected chi connectivity index (χ3v) is 6.56. The number of amides is 1. The maximum Gasteiger partial charge on any atom is 0.233 e. The van der Waals surface area contributed by atoms with Crippen molar-refractivity contribution in [2.75, 3.05) is 32.1 Å². The van der Waals surface area contributed by atoms with Gasteiger partial charge >= 0.3 is 0 Å². The number of aryl methyl sites for hydroxylation is 1. The first kappa shape index (κ1) is 20.3. The van der Waals surface area contributed by atoms with Crippen LogP contribution in [0.15, 0.2) is 52.2 Å². The van der Waals surface area contributed by atoms with Gasteiger partial charge in [-0.1, -0.05) is 23.9 Å². The van der Waals surface area contributed by atoms with Gasteiger partial charge in [0.1, 0.15) is 0 Å². The molecule has 0 unspecified atom stereocenters. The van der Waals surface area contributed by atoms with Crippen molar-refractivity contribution in [1.82, 2.24) is 19.7 Å². The molecular weight excluding hydrogens is 416 g/mol. The van der Waals surface area contributed by atoms with Gasteiger partial charge in [0, 0.05) is 25.9 Å². The van der Waals surface area contributed by atoms with E-state index in [9.17, 15) is 4.79 Å². The Kier molecular flexibility index (Phi) is 5.56. The summed E-state index contributed by atoms with van der Waals surface area (Å²) >= 11 is 1.39. The minimum Gasteiger partial charge on any atom is -0.461 e. The summed E-state index contributed by atoms with van der Waals surface area (Å²) in [4.78, 5) is 14.7. The number of hydrogen-bond acceptors (Lipinski definition) is 7. The van der Waals surface area contributed by atoms with Crippen LogP contribution in [0.5, 0.6) is 0 Å². The number of likely N-dealkylation sites (tertiary alicyclic amines) is 1. The van der Waals surface area contributed by atoms with Crippen LogP contribution >= 0.6 is 11.8 Å². The predicted octanol–water partition coefficient (Wildman–Crippen LogP) is 3.29. The number of thioether (sulfide) groups is 1. The average Bonchev–Trinajstić information content (AvgIpc) is 3.53. The van der Waals surface area contributed by atoms with E-state index >= 15 is 0 Å². The molecule has 0 N–H and O–H groups in total. The molecule has 2 fully saturated rings. The van der Waals surface area contributed by atoms with Crippen LogP contribution in [0.1, 0.15) is 18.4 Å². The Morgan fingerprint density at radius 1 is 1.13 bits per heavy atom. The van der Waals surface area contributed by atoms with Crippen molar-refractivity contribution in [3.8, 4) is 17.3 Å². The van der Waals surface area contributed by atoms with Crippen molar-refractivity contribution in [3.63, 3.8) is 0 Å². The van der Waals surface area contributed by atoms with E-state index < -0.39 is 5.79 Å². The third-order valence-electron chi connectivity index (χ3n) is 5.65. The Bertz CT molecular complexity index is 1050. The lowest BCUT2D eigenvalue weighted by atomic mass is 10.0. The van der Waals surface area contributed by atoms with Crippen LogP contribution in [-0.2, 0) is 14.3 Å². The van der Waals surface area contributed by atoms with Crippen LogP contribution in [0.25, 0.3) is 17.3 Å². The zero-order valence-electron chi connectivity index (χ0n) is 17.3. The molecule has 0 radical (unpaired) electrons. The van der Waals surface area contributed by atoms with Gasteiger partial charge in [-0.3, -0.25) is 9.36 Å². The zero-order chi connectivity index (χ0) is 21.3. The number of rotatable bonds is 5. The number of aromatic nitrogens is 3. The molecule has 5 rings (SSSR count). The summed E-state index contributed by atoms with van der Waals surface area (Å²) in [7, 11) is 0. The lowest BCUT2D eigenvalue weighted by Crippen LogP contribution is -2.47.